The van der Waals surface area contributed by atoms with Crippen LogP contribution in [0.4, 0.5) is 11.5 Å². The third-order valence-corrected chi connectivity index (χ3v) is 10.0. The number of fused-ring (bicyclic) bond motifs is 1. The molecule has 1 N–H and O–H groups in total. The Kier molecular flexibility index (Phi) is 7.02. The first-order valence-corrected chi connectivity index (χ1v) is 15.5. The van der Waals surface area contributed by atoms with Crippen LogP contribution >= 0.6 is 0 Å². The summed E-state index contributed by atoms with van der Waals surface area (Å²) >= 11 is 0. The van der Waals surface area contributed by atoms with Gasteiger partial charge >= 0.3 is 5.97 Å². The van der Waals surface area contributed by atoms with E-state index < -0.39 is 5.97 Å². The largest absolute Gasteiger partial charge is 0.464 e. The Morgan fingerprint density at radius 2 is 1.80 bits per heavy atom. The smallest absolute Gasteiger partial charge is 0.356 e. The first-order valence-electron chi connectivity index (χ1n) is 15.5. The lowest BCUT2D eigenvalue weighted by Crippen LogP contribution is -2.35. The van der Waals surface area contributed by atoms with Gasteiger partial charge in [0.2, 0.25) is 5.82 Å². The number of carbonyl (C=O) groups is 2. The van der Waals surface area contributed by atoms with Gasteiger partial charge in [0.25, 0.3) is 5.91 Å². The highest BCUT2D eigenvalue weighted by Crippen LogP contribution is 2.46. The van der Waals surface area contributed by atoms with Crippen molar-refractivity contribution in [3.63, 3.8) is 0 Å². The number of aryl methyl sites for hydroxylation is 1. The molecule has 4 aromatic rings. The van der Waals surface area contributed by atoms with E-state index in [2.05, 4.69) is 73.5 Å². The molecule has 3 aromatic heterocycles. The number of pyridine rings is 2. The highest BCUT2D eigenvalue weighted by Gasteiger charge is 2.45. The van der Waals surface area contributed by atoms with Gasteiger partial charge in [0.05, 0.1) is 19.0 Å². The summed E-state index contributed by atoms with van der Waals surface area (Å²) in [6, 6.07) is 18.4. The molecule has 2 unspecified atom stereocenters. The molecular weight excluding hydrogens is 554 g/mol. The fraction of sp³-hybridized carbons (Fsp3) is 0.441. The van der Waals surface area contributed by atoms with Gasteiger partial charge in [0.15, 0.2) is 11.3 Å². The zero-order valence-corrected chi connectivity index (χ0v) is 25.6. The lowest BCUT2D eigenvalue weighted by atomic mass is 9.82. The van der Waals surface area contributed by atoms with Crippen LogP contribution in [-0.4, -0.2) is 70.8 Å². The van der Waals surface area contributed by atoms with Gasteiger partial charge in [0.1, 0.15) is 5.82 Å². The van der Waals surface area contributed by atoms with Gasteiger partial charge in [-0.3, -0.25) is 4.79 Å². The topological polar surface area (TPSA) is 105 Å². The zero-order valence-electron chi connectivity index (χ0n) is 25.6. The Hall–Kier alpha value is -4.47. The molecule has 10 heteroatoms. The molecule has 3 atom stereocenters. The first kappa shape index (κ1) is 28.3. The van der Waals surface area contributed by atoms with Crippen molar-refractivity contribution in [1.29, 1.82) is 0 Å². The predicted molar refractivity (Wildman–Crippen MR) is 168 cm³/mol. The average molecular weight is 594 g/mol. The Balaban J connectivity index is 1.01. The van der Waals surface area contributed by atoms with Gasteiger partial charge in [-0.25, -0.2) is 19.3 Å². The summed E-state index contributed by atoms with van der Waals surface area (Å²) in [5.74, 6) is 0.341. The minimum atomic E-state index is -0.432. The van der Waals surface area contributed by atoms with Crippen molar-refractivity contribution in [2.45, 2.75) is 57.4 Å². The van der Waals surface area contributed by atoms with Crippen molar-refractivity contribution >= 4 is 29.0 Å². The lowest BCUT2D eigenvalue weighted by molar-refractivity contribution is 0.0594. The van der Waals surface area contributed by atoms with Crippen LogP contribution in [0.1, 0.15) is 71.3 Å². The lowest BCUT2D eigenvalue weighted by Gasteiger charge is -2.26. The average Bonchev–Trinajstić information content (AvgIpc) is 3.84. The molecule has 1 aliphatic carbocycles. The van der Waals surface area contributed by atoms with Gasteiger partial charge in [-0.1, -0.05) is 43.3 Å². The molecule has 3 aliphatic rings. The zero-order chi connectivity index (χ0) is 30.5. The van der Waals surface area contributed by atoms with Crippen LogP contribution < -0.4 is 15.1 Å². The maximum Gasteiger partial charge on any atom is 0.356 e. The van der Waals surface area contributed by atoms with Gasteiger partial charge in [-0.15, -0.1) is 5.10 Å². The van der Waals surface area contributed by atoms with E-state index in [1.807, 2.05) is 25.3 Å². The van der Waals surface area contributed by atoms with E-state index in [-0.39, 0.29) is 28.6 Å². The van der Waals surface area contributed by atoms with Crippen molar-refractivity contribution in [3.8, 4) is 0 Å². The third kappa shape index (κ3) is 5.16. The number of methoxy groups -OCH3 is 1. The highest BCUT2D eigenvalue weighted by molar-refractivity contribution is 5.91. The quantitative estimate of drug-likeness (QED) is 0.325. The molecule has 1 saturated carbocycles. The molecule has 5 heterocycles. The summed E-state index contributed by atoms with van der Waals surface area (Å²) < 4.78 is 6.60. The van der Waals surface area contributed by atoms with Crippen LogP contribution in [0.5, 0.6) is 0 Å². The van der Waals surface area contributed by atoms with E-state index >= 15 is 0 Å². The predicted octanol–water partition coefficient (Wildman–Crippen LogP) is 4.57. The SMILES string of the molecule is COC(=O)c1cccc(N2CCC3(CCC(NC(=O)c4nc5c(C)cc(N6CC[C@](C)(c7ccccc7)C6)cn5n4)C3)C2)n1. The summed E-state index contributed by atoms with van der Waals surface area (Å²) in [7, 11) is 1.37. The normalized spacial score (nSPS) is 24.8. The third-order valence-electron chi connectivity index (χ3n) is 10.0. The number of ether oxygens (including phenoxy) is 1. The molecule has 10 nitrogen and oxygen atoms in total. The number of nitrogens with one attached hydrogen (secondary N) is 1. The van der Waals surface area contributed by atoms with Crippen LogP contribution in [0.2, 0.25) is 0 Å². The molecule has 7 rings (SSSR count). The second-order valence-electron chi connectivity index (χ2n) is 13.1. The number of esters is 1. The van der Waals surface area contributed by atoms with E-state index in [4.69, 9.17) is 4.74 Å². The Bertz CT molecular complexity index is 1720. The van der Waals surface area contributed by atoms with Crippen molar-refractivity contribution in [3.05, 3.63) is 83.4 Å². The number of hydrogen-bond acceptors (Lipinski definition) is 8. The van der Waals surface area contributed by atoms with Crippen molar-refractivity contribution in [1.82, 2.24) is 24.9 Å². The number of aromatic nitrogens is 4. The molecule has 2 aliphatic heterocycles. The molecule has 228 valence electrons. The second-order valence-corrected chi connectivity index (χ2v) is 13.1. The summed E-state index contributed by atoms with van der Waals surface area (Å²) in [6.07, 6.45) is 6.96. The second kappa shape index (κ2) is 10.9. The number of anilines is 2. The van der Waals surface area contributed by atoms with Gasteiger partial charge in [-0.05, 0) is 73.8 Å². The van der Waals surface area contributed by atoms with Crippen LogP contribution in [0.25, 0.3) is 5.65 Å². The first-order chi connectivity index (χ1) is 21.2. The number of benzene rings is 1. The Morgan fingerprint density at radius 3 is 2.61 bits per heavy atom. The van der Waals surface area contributed by atoms with Crippen LogP contribution in [0, 0.1) is 12.3 Å². The molecular formula is C34H39N7O3. The number of rotatable bonds is 6. The summed E-state index contributed by atoms with van der Waals surface area (Å²) in [6.45, 7) is 7.98. The van der Waals surface area contributed by atoms with E-state index in [0.717, 1.165) is 75.4 Å². The van der Waals surface area contributed by atoms with Crippen molar-refractivity contribution in [2.75, 3.05) is 43.1 Å². The van der Waals surface area contributed by atoms with Crippen LogP contribution in [0.15, 0.2) is 60.8 Å². The van der Waals surface area contributed by atoms with Crippen LogP contribution in [0.3, 0.4) is 0 Å². The fourth-order valence-corrected chi connectivity index (χ4v) is 7.56. The number of carbonyl (C=O) groups excluding carboxylic acids is 2. The van der Waals surface area contributed by atoms with Crippen LogP contribution in [-0.2, 0) is 10.2 Å². The number of amides is 1. The number of nitrogens with zero attached hydrogens (tertiary/aromatic N) is 6. The molecule has 0 bridgehead atoms. The van der Waals surface area contributed by atoms with E-state index in [9.17, 15) is 9.59 Å². The maximum absolute atomic E-state index is 13.4. The minimum Gasteiger partial charge on any atom is -0.464 e. The number of hydrogen-bond donors (Lipinski definition) is 1. The van der Waals surface area contributed by atoms with Gasteiger partial charge in [-0.2, -0.15) is 0 Å². The molecule has 1 spiro atoms. The Morgan fingerprint density at radius 1 is 0.977 bits per heavy atom. The highest BCUT2D eigenvalue weighted by atomic mass is 16.5. The van der Waals surface area contributed by atoms with Crippen molar-refractivity contribution < 1.29 is 14.3 Å². The molecule has 1 amide bonds. The van der Waals surface area contributed by atoms with E-state index in [1.54, 1.807) is 10.6 Å². The molecule has 44 heavy (non-hydrogen) atoms. The van der Waals surface area contributed by atoms with E-state index in [0.29, 0.717) is 11.3 Å². The van der Waals surface area contributed by atoms with Gasteiger partial charge in [0, 0.05) is 37.6 Å². The monoisotopic (exact) mass is 593 g/mol. The molecule has 1 aromatic carbocycles. The Labute approximate surface area is 257 Å². The van der Waals surface area contributed by atoms with E-state index in [1.165, 1.54) is 12.7 Å². The maximum atomic E-state index is 13.4. The minimum absolute atomic E-state index is 0.0698. The molecule has 0 radical (unpaired) electrons. The summed E-state index contributed by atoms with van der Waals surface area (Å²) in [5.41, 5.74) is 4.69. The summed E-state index contributed by atoms with van der Waals surface area (Å²) in [4.78, 5) is 39.1. The molecule has 2 saturated heterocycles. The standard InChI is InChI=1S/C34H39N7O3/c1-23-18-26(39-16-14-33(2,21-39)24-8-5-4-6-9-24)20-41-30(23)37-29(38-41)31(42)35-25-12-13-34(19-25)15-17-40(22-34)28-11-7-10-27(36-28)32(43)44-3/h4-11,18,20,25H,12-17,19,21-22H2,1-3H3,(H,35,42)/t25?,33-,34?/m0/s1. The van der Waals surface area contributed by atoms with Gasteiger partial charge < -0.3 is 19.9 Å². The molecule has 3 fully saturated rings. The fourth-order valence-electron chi connectivity index (χ4n) is 7.56. The van der Waals surface area contributed by atoms with Crippen molar-refractivity contribution in [2.24, 2.45) is 5.41 Å². The summed E-state index contributed by atoms with van der Waals surface area (Å²) in [5, 5.41) is 7.85.